The number of nitrogens with zero attached hydrogens (tertiary/aromatic N) is 1. The van der Waals surface area contributed by atoms with E-state index in [0.29, 0.717) is 27.6 Å². The molecular formula is C11H18Cl2N4. The Hall–Kier alpha value is -0.710. The Morgan fingerprint density at radius 2 is 1.82 bits per heavy atom. The third kappa shape index (κ3) is 3.91. The number of hydrogen-bond donors (Lipinski definition) is 3. The van der Waals surface area contributed by atoms with Crippen molar-refractivity contribution in [3.05, 3.63) is 16.1 Å². The van der Waals surface area contributed by atoms with Gasteiger partial charge in [0.2, 0.25) is 0 Å². The zero-order valence-corrected chi connectivity index (χ0v) is 11.6. The van der Waals surface area contributed by atoms with Crippen LogP contribution >= 0.6 is 23.2 Å². The molecule has 6 heteroatoms. The number of pyridine rings is 1. The predicted octanol–water partition coefficient (Wildman–Crippen LogP) is 3.52. The number of hydrazine groups is 1. The minimum Gasteiger partial charge on any atom is -0.368 e. The Kier molecular flexibility index (Phi) is 5.82. The zero-order chi connectivity index (χ0) is 12.8. The lowest BCUT2D eigenvalue weighted by molar-refractivity contribution is 0.518. The van der Waals surface area contributed by atoms with Crippen molar-refractivity contribution in [2.45, 2.75) is 26.7 Å². The smallest absolute Gasteiger partial charge is 0.161 e. The van der Waals surface area contributed by atoms with Gasteiger partial charge in [-0.1, -0.05) is 49.9 Å². The van der Waals surface area contributed by atoms with E-state index in [2.05, 4.69) is 29.6 Å². The molecule has 1 aromatic rings. The summed E-state index contributed by atoms with van der Waals surface area (Å²) in [5.41, 5.74) is 2.44. The molecule has 0 aliphatic rings. The third-order valence-corrected chi connectivity index (χ3v) is 3.36. The van der Waals surface area contributed by atoms with E-state index in [9.17, 15) is 0 Å². The molecule has 0 amide bonds. The van der Waals surface area contributed by atoms with E-state index >= 15 is 0 Å². The number of nitrogens with one attached hydrogen (secondary N) is 2. The van der Waals surface area contributed by atoms with Crippen molar-refractivity contribution >= 4 is 34.8 Å². The molecule has 0 radical (unpaired) electrons. The number of nitrogens with two attached hydrogens (primary N) is 1. The van der Waals surface area contributed by atoms with Crippen molar-refractivity contribution in [1.82, 2.24) is 4.98 Å². The van der Waals surface area contributed by atoms with Crippen LogP contribution < -0.4 is 16.6 Å². The van der Waals surface area contributed by atoms with Crippen LogP contribution in [0.15, 0.2) is 6.07 Å². The van der Waals surface area contributed by atoms with Gasteiger partial charge in [0.05, 0.1) is 10.0 Å². The van der Waals surface area contributed by atoms with E-state index in [1.807, 2.05) is 0 Å². The lowest BCUT2D eigenvalue weighted by Crippen LogP contribution is -2.15. The van der Waals surface area contributed by atoms with Gasteiger partial charge >= 0.3 is 0 Å². The maximum absolute atomic E-state index is 6.05. The van der Waals surface area contributed by atoms with Gasteiger partial charge in [-0.3, -0.25) is 0 Å². The number of aromatic nitrogens is 1. The monoisotopic (exact) mass is 276 g/mol. The van der Waals surface area contributed by atoms with Crippen LogP contribution in [0.5, 0.6) is 0 Å². The predicted molar refractivity (Wildman–Crippen MR) is 74.6 cm³/mol. The average Bonchev–Trinajstić information content (AvgIpc) is 2.32. The van der Waals surface area contributed by atoms with Crippen molar-refractivity contribution in [1.29, 1.82) is 0 Å². The van der Waals surface area contributed by atoms with Crippen molar-refractivity contribution in [2.75, 3.05) is 17.3 Å². The van der Waals surface area contributed by atoms with Crippen LogP contribution in [0.2, 0.25) is 10.0 Å². The van der Waals surface area contributed by atoms with Gasteiger partial charge in [-0.05, 0) is 12.0 Å². The Labute approximate surface area is 112 Å². The maximum Gasteiger partial charge on any atom is 0.161 e. The zero-order valence-electron chi connectivity index (χ0n) is 10.1. The molecule has 0 bridgehead atoms. The normalized spacial score (nSPS) is 10.7. The van der Waals surface area contributed by atoms with Gasteiger partial charge in [0.15, 0.2) is 5.82 Å². The summed E-state index contributed by atoms with van der Waals surface area (Å²) in [5, 5.41) is 4.13. The van der Waals surface area contributed by atoms with Crippen LogP contribution in [-0.4, -0.2) is 11.5 Å². The molecule has 0 aliphatic heterocycles. The fourth-order valence-electron chi connectivity index (χ4n) is 1.51. The summed E-state index contributed by atoms with van der Waals surface area (Å²) in [6.45, 7) is 5.17. The Bertz CT molecular complexity index is 367. The first-order valence-corrected chi connectivity index (χ1v) is 6.44. The van der Waals surface area contributed by atoms with Crippen molar-refractivity contribution < 1.29 is 0 Å². The molecule has 0 saturated carbocycles. The fraction of sp³-hybridized carbons (Fsp3) is 0.545. The van der Waals surface area contributed by atoms with E-state index in [1.54, 1.807) is 6.07 Å². The molecule has 0 atom stereocenters. The van der Waals surface area contributed by atoms with Crippen molar-refractivity contribution in [3.63, 3.8) is 0 Å². The van der Waals surface area contributed by atoms with Crippen LogP contribution in [0, 0.1) is 5.92 Å². The summed E-state index contributed by atoms with van der Waals surface area (Å²) in [5.74, 6) is 6.95. The Morgan fingerprint density at radius 1 is 1.24 bits per heavy atom. The van der Waals surface area contributed by atoms with Gasteiger partial charge < -0.3 is 10.7 Å². The maximum atomic E-state index is 6.05. The van der Waals surface area contributed by atoms with E-state index in [0.717, 1.165) is 19.4 Å². The van der Waals surface area contributed by atoms with Crippen molar-refractivity contribution in [2.24, 2.45) is 11.8 Å². The molecule has 1 rings (SSSR count). The van der Waals surface area contributed by atoms with Crippen LogP contribution in [0.4, 0.5) is 11.6 Å². The standard InChI is InChI=1S/C11H18Cl2N4/c1-3-7(4-2)6-15-10-8(12)5-9(13)11(16-10)17-14/h5,7H,3-4,6,14H2,1-2H3,(H2,15,16,17). The highest BCUT2D eigenvalue weighted by atomic mass is 35.5. The van der Waals surface area contributed by atoms with Crippen LogP contribution in [0.1, 0.15) is 26.7 Å². The highest BCUT2D eigenvalue weighted by Crippen LogP contribution is 2.28. The number of halogens is 2. The summed E-state index contributed by atoms with van der Waals surface area (Å²) in [4.78, 5) is 4.22. The molecule has 4 N–H and O–H groups in total. The fourth-order valence-corrected chi connectivity index (χ4v) is 1.99. The third-order valence-electron chi connectivity index (χ3n) is 2.78. The van der Waals surface area contributed by atoms with Gasteiger partial charge in [0.25, 0.3) is 0 Å². The van der Waals surface area contributed by atoms with Crippen LogP contribution in [0.3, 0.4) is 0 Å². The number of rotatable bonds is 6. The largest absolute Gasteiger partial charge is 0.368 e. The molecular weight excluding hydrogens is 259 g/mol. The van der Waals surface area contributed by atoms with Crippen LogP contribution in [-0.2, 0) is 0 Å². The Morgan fingerprint density at radius 3 is 2.35 bits per heavy atom. The molecule has 0 fully saturated rings. The molecule has 0 saturated heterocycles. The van der Waals surface area contributed by atoms with E-state index in [-0.39, 0.29) is 0 Å². The van der Waals surface area contributed by atoms with Crippen LogP contribution in [0.25, 0.3) is 0 Å². The number of hydrogen-bond acceptors (Lipinski definition) is 4. The summed E-state index contributed by atoms with van der Waals surface area (Å²) in [6, 6.07) is 1.63. The SMILES string of the molecule is CCC(CC)CNc1nc(NN)c(Cl)cc1Cl. The second kappa shape index (κ2) is 6.89. The summed E-state index contributed by atoms with van der Waals surface area (Å²) in [6.07, 6.45) is 2.24. The quantitative estimate of drug-likeness (QED) is 0.550. The molecule has 96 valence electrons. The van der Waals surface area contributed by atoms with E-state index < -0.39 is 0 Å². The molecule has 17 heavy (non-hydrogen) atoms. The molecule has 0 aromatic carbocycles. The first kappa shape index (κ1) is 14.4. The minimum absolute atomic E-state index is 0.408. The Balaban J connectivity index is 2.76. The summed E-state index contributed by atoms with van der Waals surface area (Å²) in [7, 11) is 0. The lowest BCUT2D eigenvalue weighted by Gasteiger charge is -2.15. The molecule has 4 nitrogen and oxygen atoms in total. The lowest BCUT2D eigenvalue weighted by atomic mass is 10.0. The number of nitrogen functional groups attached to an aromatic ring is 1. The van der Waals surface area contributed by atoms with E-state index in [1.165, 1.54) is 0 Å². The second-order valence-electron chi connectivity index (χ2n) is 3.86. The van der Waals surface area contributed by atoms with Gasteiger partial charge in [-0.15, -0.1) is 0 Å². The van der Waals surface area contributed by atoms with Gasteiger partial charge in [0, 0.05) is 6.54 Å². The first-order chi connectivity index (χ1) is 8.12. The van der Waals surface area contributed by atoms with Gasteiger partial charge in [-0.2, -0.15) is 0 Å². The highest BCUT2D eigenvalue weighted by Gasteiger charge is 2.10. The van der Waals surface area contributed by atoms with Gasteiger partial charge in [0.1, 0.15) is 5.82 Å². The summed E-state index contributed by atoms with van der Waals surface area (Å²) < 4.78 is 0. The second-order valence-corrected chi connectivity index (χ2v) is 4.67. The average molecular weight is 277 g/mol. The minimum atomic E-state index is 0.408. The van der Waals surface area contributed by atoms with Crippen molar-refractivity contribution in [3.8, 4) is 0 Å². The number of anilines is 2. The molecule has 0 spiro atoms. The molecule has 0 unspecified atom stereocenters. The highest BCUT2D eigenvalue weighted by molar-refractivity contribution is 6.37. The van der Waals surface area contributed by atoms with Gasteiger partial charge in [-0.25, -0.2) is 10.8 Å². The molecule has 1 aromatic heterocycles. The summed E-state index contributed by atoms with van der Waals surface area (Å²) >= 11 is 12.0. The first-order valence-electron chi connectivity index (χ1n) is 5.68. The molecule has 1 heterocycles. The topological polar surface area (TPSA) is 63.0 Å². The molecule has 0 aliphatic carbocycles. The van der Waals surface area contributed by atoms with E-state index in [4.69, 9.17) is 29.0 Å².